The molecule has 0 amide bonds. The highest BCUT2D eigenvalue weighted by atomic mass is 19.1. The van der Waals surface area contributed by atoms with E-state index in [4.69, 9.17) is 5.73 Å². The maximum absolute atomic E-state index is 13.9. The molecule has 5 heteroatoms. The summed E-state index contributed by atoms with van der Waals surface area (Å²) in [6.45, 7) is 2.64. The van der Waals surface area contributed by atoms with Crippen molar-refractivity contribution in [2.24, 2.45) is 5.73 Å². The van der Waals surface area contributed by atoms with Gasteiger partial charge in [0.25, 0.3) is 0 Å². The third-order valence-corrected chi connectivity index (χ3v) is 3.60. The number of hydrogen-bond acceptors (Lipinski definition) is 3. The minimum Gasteiger partial charge on any atom is -0.325 e. The molecule has 0 aliphatic carbocycles. The van der Waals surface area contributed by atoms with Crippen LogP contribution in [0.2, 0.25) is 0 Å². The summed E-state index contributed by atoms with van der Waals surface area (Å²) in [5.74, 6) is -0.248. The second kappa shape index (κ2) is 6.07. The molecule has 0 unspecified atom stereocenters. The van der Waals surface area contributed by atoms with Gasteiger partial charge in [-0.05, 0) is 13.0 Å². The first-order valence-electron chi connectivity index (χ1n) is 7.12. The van der Waals surface area contributed by atoms with Gasteiger partial charge in [-0.3, -0.25) is 0 Å². The van der Waals surface area contributed by atoms with Gasteiger partial charge >= 0.3 is 0 Å². The number of nitrogens with two attached hydrogens (primary N) is 1. The van der Waals surface area contributed by atoms with E-state index in [1.54, 1.807) is 16.8 Å². The van der Waals surface area contributed by atoms with Gasteiger partial charge < -0.3 is 5.73 Å². The first-order valence-corrected chi connectivity index (χ1v) is 7.12. The Balaban J connectivity index is 2.04. The van der Waals surface area contributed by atoms with E-state index in [-0.39, 0.29) is 5.82 Å². The molecular weight excluding hydrogens is 279 g/mol. The molecule has 0 spiro atoms. The zero-order valence-corrected chi connectivity index (χ0v) is 12.3. The highest BCUT2D eigenvalue weighted by molar-refractivity contribution is 5.62. The van der Waals surface area contributed by atoms with Crippen molar-refractivity contribution >= 4 is 0 Å². The Morgan fingerprint density at radius 3 is 2.50 bits per heavy atom. The molecule has 0 aliphatic rings. The second-order valence-corrected chi connectivity index (χ2v) is 5.20. The molecule has 2 N–H and O–H groups in total. The Bertz CT molecular complexity index is 778. The first kappa shape index (κ1) is 14.4. The van der Waals surface area contributed by atoms with Crippen LogP contribution in [0.1, 0.15) is 16.8 Å². The highest BCUT2D eigenvalue weighted by Crippen LogP contribution is 2.23. The van der Waals surface area contributed by atoms with E-state index in [1.165, 1.54) is 11.6 Å². The Hall–Kier alpha value is -2.53. The zero-order chi connectivity index (χ0) is 15.5. The average molecular weight is 296 g/mol. The van der Waals surface area contributed by atoms with Crippen LogP contribution in [0, 0.1) is 12.7 Å². The lowest BCUT2D eigenvalue weighted by Crippen LogP contribution is -2.07. The average Bonchev–Trinajstić information content (AvgIpc) is 2.93. The topological polar surface area (TPSA) is 56.7 Å². The van der Waals surface area contributed by atoms with Gasteiger partial charge in [-0.25, -0.2) is 9.07 Å². The monoisotopic (exact) mass is 296 g/mol. The normalized spacial score (nSPS) is 10.9. The number of benzene rings is 2. The van der Waals surface area contributed by atoms with Gasteiger partial charge in [0.2, 0.25) is 0 Å². The van der Waals surface area contributed by atoms with E-state index in [0.717, 1.165) is 11.3 Å². The fraction of sp³-hybridized carbons (Fsp3) is 0.176. The lowest BCUT2D eigenvalue weighted by atomic mass is 10.1. The van der Waals surface area contributed by atoms with Crippen LogP contribution in [-0.2, 0) is 13.1 Å². The molecule has 22 heavy (non-hydrogen) atoms. The Kier molecular flexibility index (Phi) is 3.98. The summed E-state index contributed by atoms with van der Waals surface area (Å²) in [5, 5.41) is 8.27. The van der Waals surface area contributed by atoms with Gasteiger partial charge in [0.15, 0.2) is 0 Å². The fourth-order valence-corrected chi connectivity index (χ4v) is 2.41. The lowest BCUT2D eigenvalue weighted by molar-refractivity contribution is 0.579. The summed E-state index contributed by atoms with van der Waals surface area (Å²) >= 11 is 0. The molecule has 0 saturated heterocycles. The molecule has 1 heterocycles. The van der Waals surface area contributed by atoms with Gasteiger partial charge in [-0.1, -0.05) is 53.2 Å². The van der Waals surface area contributed by atoms with Crippen molar-refractivity contribution in [2.75, 3.05) is 0 Å². The SMILES string of the molecule is Cc1ccc(-c2c(CN)nnn2Cc2ccccc2F)cc1. The molecule has 4 nitrogen and oxygen atoms in total. The Morgan fingerprint density at radius 2 is 1.82 bits per heavy atom. The van der Waals surface area contributed by atoms with Crippen LogP contribution in [0.4, 0.5) is 4.39 Å². The van der Waals surface area contributed by atoms with Crippen molar-refractivity contribution in [1.82, 2.24) is 15.0 Å². The molecule has 0 radical (unpaired) electrons. The summed E-state index contributed by atoms with van der Waals surface area (Å²) in [4.78, 5) is 0. The Morgan fingerprint density at radius 1 is 1.09 bits per heavy atom. The molecule has 112 valence electrons. The predicted octanol–water partition coefficient (Wildman–Crippen LogP) is 2.90. The molecule has 0 bridgehead atoms. The standard InChI is InChI=1S/C17H17FN4/c1-12-6-8-13(9-7-12)17-16(10-19)20-21-22(17)11-14-4-2-3-5-15(14)18/h2-9H,10-11,19H2,1H3. The maximum Gasteiger partial charge on any atom is 0.128 e. The van der Waals surface area contributed by atoms with E-state index in [1.807, 2.05) is 37.3 Å². The van der Waals surface area contributed by atoms with Crippen molar-refractivity contribution in [3.8, 4) is 11.3 Å². The minimum absolute atomic E-state index is 0.248. The quantitative estimate of drug-likeness (QED) is 0.805. The molecule has 0 saturated carbocycles. The molecule has 0 aliphatic heterocycles. The molecule has 2 aromatic carbocycles. The third-order valence-electron chi connectivity index (χ3n) is 3.60. The van der Waals surface area contributed by atoms with Crippen LogP contribution in [0.15, 0.2) is 48.5 Å². The van der Waals surface area contributed by atoms with E-state index >= 15 is 0 Å². The smallest absolute Gasteiger partial charge is 0.128 e. The number of aromatic nitrogens is 3. The molecular formula is C17H17FN4. The van der Waals surface area contributed by atoms with Gasteiger partial charge in [-0.15, -0.1) is 5.10 Å². The summed E-state index contributed by atoms with van der Waals surface area (Å²) in [7, 11) is 0. The van der Waals surface area contributed by atoms with Crippen LogP contribution in [0.3, 0.4) is 0 Å². The summed E-state index contributed by atoms with van der Waals surface area (Å²) in [5.41, 5.74) is 10.0. The van der Waals surface area contributed by atoms with Crippen LogP contribution < -0.4 is 5.73 Å². The van der Waals surface area contributed by atoms with E-state index in [9.17, 15) is 4.39 Å². The van der Waals surface area contributed by atoms with E-state index in [2.05, 4.69) is 10.3 Å². The van der Waals surface area contributed by atoms with Crippen molar-refractivity contribution in [1.29, 1.82) is 0 Å². The van der Waals surface area contributed by atoms with Gasteiger partial charge in [0.05, 0.1) is 12.2 Å². The van der Waals surface area contributed by atoms with E-state index in [0.29, 0.717) is 24.3 Å². The van der Waals surface area contributed by atoms with Crippen LogP contribution in [0.25, 0.3) is 11.3 Å². The second-order valence-electron chi connectivity index (χ2n) is 5.20. The van der Waals surface area contributed by atoms with Gasteiger partial charge in [0, 0.05) is 17.7 Å². The van der Waals surface area contributed by atoms with Crippen LogP contribution in [0.5, 0.6) is 0 Å². The summed E-state index contributed by atoms with van der Waals surface area (Å²) < 4.78 is 15.6. The highest BCUT2D eigenvalue weighted by Gasteiger charge is 2.15. The molecule has 3 aromatic rings. The van der Waals surface area contributed by atoms with Crippen LogP contribution in [-0.4, -0.2) is 15.0 Å². The Labute approximate surface area is 128 Å². The van der Waals surface area contributed by atoms with Crippen molar-refractivity contribution in [3.63, 3.8) is 0 Å². The number of aryl methyl sites for hydroxylation is 1. The number of rotatable bonds is 4. The van der Waals surface area contributed by atoms with Gasteiger partial charge in [0.1, 0.15) is 11.5 Å². The summed E-state index contributed by atoms with van der Waals surface area (Å²) in [6, 6.07) is 14.7. The van der Waals surface area contributed by atoms with Crippen molar-refractivity contribution in [3.05, 3.63) is 71.2 Å². The number of nitrogens with zero attached hydrogens (tertiary/aromatic N) is 3. The molecule has 0 fully saturated rings. The third kappa shape index (κ3) is 2.76. The largest absolute Gasteiger partial charge is 0.325 e. The van der Waals surface area contributed by atoms with Crippen LogP contribution >= 0.6 is 0 Å². The summed E-state index contributed by atoms with van der Waals surface area (Å²) in [6.07, 6.45) is 0. The number of halogens is 1. The van der Waals surface area contributed by atoms with Crippen molar-refractivity contribution < 1.29 is 4.39 Å². The van der Waals surface area contributed by atoms with E-state index < -0.39 is 0 Å². The van der Waals surface area contributed by atoms with Crippen molar-refractivity contribution in [2.45, 2.75) is 20.0 Å². The zero-order valence-electron chi connectivity index (χ0n) is 12.3. The lowest BCUT2D eigenvalue weighted by Gasteiger charge is -2.09. The van der Waals surface area contributed by atoms with Gasteiger partial charge in [-0.2, -0.15) is 0 Å². The number of hydrogen-bond donors (Lipinski definition) is 1. The molecule has 1 aromatic heterocycles. The fourth-order valence-electron chi connectivity index (χ4n) is 2.41. The predicted molar refractivity (Wildman–Crippen MR) is 83.6 cm³/mol. The molecule has 0 atom stereocenters. The first-order chi connectivity index (χ1) is 10.7. The molecule has 3 rings (SSSR count). The minimum atomic E-state index is -0.248. The maximum atomic E-state index is 13.9.